The number of alkyl halides is 1. The van der Waals surface area contributed by atoms with Crippen LogP contribution in [0.25, 0.3) is 0 Å². The Morgan fingerprint density at radius 1 is 1.21 bits per heavy atom. The molecular weight excluding hydrogens is 304 g/mol. The maximum atomic E-state index is 12.1. The van der Waals surface area contributed by atoms with Crippen molar-refractivity contribution in [3.05, 3.63) is 65.5 Å². The second kappa shape index (κ2) is 6.48. The summed E-state index contributed by atoms with van der Waals surface area (Å²) in [6, 6.07) is 11.3. The van der Waals surface area contributed by atoms with Gasteiger partial charge in [-0.3, -0.25) is 9.78 Å². The number of halogens is 1. The molecule has 3 nitrogen and oxygen atoms in total. The maximum absolute atomic E-state index is 12.1. The van der Waals surface area contributed by atoms with Crippen LogP contribution in [0.2, 0.25) is 0 Å². The number of hydrogen-bond donors (Lipinski definition) is 1. The predicted molar refractivity (Wildman–Crippen MR) is 79.2 cm³/mol. The summed E-state index contributed by atoms with van der Waals surface area (Å²) in [7, 11) is 0. The smallest absolute Gasteiger partial charge is 0.251 e. The van der Waals surface area contributed by atoms with E-state index >= 15 is 0 Å². The first-order chi connectivity index (χ1) is 9.20. The van der Waals surface area contributed by atoms with Crippen LogP contribution in [0.3, 0.4) is 0 Å². The van der Waals surface area contributed by atoms with Crippen molar-refractivity contribution in [3.8, 4) is 0 Å². The highest BCUT2D eigenvalue weighted by Crippen LogP contribution is 2.12. The third-order valence-corrected chi connectivity index (χ3v) is 3.57. The summed E-state index contributed by atoms with van der Waals surface area (Å²) >= 11 is 3.38. The zero-order valence-electron chi connectivity index (χ0n) is 10.6. The molecule has 1 aromatic heterocycles. The number of amides is 1. The molecule has 1 aromatic carbocycles. The van der Waals surface area contributed by atoms with Crippen LogP contribution >= 0.6 is 15.9 Å². The highest BCUT2D eigenvalue weighted by Gasteiger charge is 2.10. The Morgan fingerprint density at radius 2 is 1.84 bits per heavy atom. The summed E-state index contributed by atoms with van der Waals surface area (Å²) in [6.45, 7) is 1.96. The van der Waals surface area contributed by atoms with Crippen molar-refractivity contribution in [2.45, 2.75) is 18.3 Å². The number of benzene rings is 1. The van der Waals surface area contributed by atoms with Gasteiger partial charge in [0, 0.05) is 23.3 Å². The largest absolute Gasteiger partial charge is 0.346 e. The van der Waals surface area contributed by atoms with Crippen LogP contribution in [0.4, 0.5) is 0 Å². The van der Waals surface area contributed by atoms with Gasteiger partial charge in [0.15, 0.2) is 0 Å². The summed E-state index contributed by atoms with van der Waals surface area (Å²) in [5, 5.41) is 3.77. The van der Waals surface area contributed by atoms with E-state index in [0.717, 1.165) is 16.5 Å². The number of nitrogens with one attached hydrogen (secondary N) is 1. The van der Waals surface area contributed by atoms with Gasteiger partial charge in [-0.25, -0.2) is 0 Å². The molecular formula is C15H15BrN2O. The Morgan fingerprint density at radius 3 is 2.42 bits per heavy atom. The molecule has 2 aromatic rings. The summed E-state index contributed by atoms with van der Waals surface area (Å²) in [6.07, 6.45) is 3.45. The highest BCUT2D eigenvalue weighted by atomic mass is 79.9. The van der Waals surface area contributed by atoms with Crippen LogP contribution in [0, 0.1) is 0 Å². The molecule has 0 bridgehead atoms. The van der Waals surface area contributed by atoms with Crippen LogP contribution in [0.1, 0.15) is 34.5 Å². The fourth-order valence-electron chi connectivity index (χ4n) is 1.76. The number of pyridine rings is 1. The minimum atomic E-state index is -0.0644. The molecule has 0 spiro atoms. The molecule has 0 aliphatic rings. The summed E-state index contributed by atoms with van der Waals surface area (Å²) in [5.74, 6) is -0.0644. The summed E-state index contributed by atoms with van der Waals surface area (Å²) in [5.41, 5.74) is 2.87. The van der Waals surface area contributed by atoms with Gasteiger partial charge in [-0.1, -0.05) is 28.1 Å². The summed E-state index contributed by atoms with van der Waals surface area (Å²) < 4.78 is 0. The molecule has 1 N–H and O–H groups in total. The number of hydrogen-bond acceptors (Lipinski definition) is 2. The lowest BCUT2D eigenvalue weighted by Gasteiger charge is -2.14. The fourth-order valence-corrected chi connectivity index (χ4v) is 2.13. The van der Waals surface area contributed by atoms with Gasteiger partial charge < -0.3 is 5.32 Å². The average Bonchev–Trinajstić information content (AvgIpc) is 2.48. The molecule has 0 saturated carbocycles. The van der Waals surface area contributed by atoms with Crippen molar-refractivity contribution in [3.63, 3.8) is 0 Å². The van der Waals surface area contributed by atoms with E-state index in [-0.39, 0.29) is 11.9 Å². The molecule has 2 rings (SSSR count). The zero-order chi connectivity index (χ0) is 13.7. The molecule has 0 unspecified atom stereocenters. The van der Waals surface area contributed by atoms with E-state index in [4.69, 9.17) is 0 Å². The normalized spacial score (nSPS) is 11.9. The van der Waals surface area contributed by atoms with E-state index in [1.54, 1.807) is 12.4 Å². The molecule has 0 fully saturated rings. The Balaban J connectivity index is 2.04. The third kappa shape index (κ3) is 3.64. The Bertz CT molecular complexity index is 540. The van der Waals surface area contributed by atoms with Crippen molar-refractivity contribution in [1.29, 1.82) is 0 Å². The molecule has 98 valence electrons. The molecule has 0 saturated heterocycles. The second-order valence-electron chi connectivity index (χ2n) is 4.31. The van der Waals surface area contributed by atoms with Crippen molar-refractivity contribution in [2.24, 2.45) is 0 Å². The Hall–Kier alpha value is -1.68. The lowest BCUT2D eigenvalue weighted by Crippen LogP contribution is -2.26. The molecule has 0 radical (unpaired) electrons. The van der Waals surface area contributed by atoms with Gasteiger partial charge in [0.25, 0.3) is 5.91 Å². The number of nitrogens with zero attached hydrogens (tertiary/aromatic N) is 1. The molecule has 19 heavy (non-hydrogen) atoms. The van der Waals surface area contributed by atoms with Crippen LogP contribution in [-0.4, -0.2) is 10.9 Å². The Kier molecular flexibility index (Phi) is 4.68. The van der Waals surface area contributed by atoms with Crippen molar-refractivity contribution >= 4 is 21.8 Å². The van der Waals surface area contributed by atoms with Crippen molar-refractivity contribution in [1.82, 2.24) is 10.3 Å². The first-order valence-electron chi connectivity index (χ1n) is 6.06. The molecule has 1 heterocycles. The molecule has 1 atom stereocenters. The SMILES string of the molecule is C[C@@H](NC(=O)c1ccc(CBr)cc1)c1ccncc1. The van der Waals surface area contributed by atoms with E-state index in [0.29, 0.717) is 5.56 Å². The molecule has 0 aliphatic heterocycles. The van der Waals surface area contributed by atoms with Crippen LogP contribution < -0.4 is 5.32 Å². The first kappa shape index (κ1) is 13.7. The Labute approximate surface area is 121 Å². The van der Waals surface area contributed by atoms with Crippen LogP contribution in [0.5, 0.6) is 0 Å². The molecule has 1 amide bonds. The van der Waals surface area contributed by atoms with Gasteiger partial charge >= 0.3 is 0 Å². The van der Waals surface area contributed by atoms with E-state index in [1.807, 2.05) is 43.3 Å². The highest BCUT2D eigenvalue weighted by molar-refractivity contribution is 9.08. The van der Waals surface area contributed by atoms with Gasteiger partial charge in [0.2, 0.25) is 0 Å². The van der Waals surface area contributed by atoms with E-state index < -0.39 is 0 Å². The topological polar surface area (TPSA) is 42.0 Å². The third-order valence-electron chi connectivity index (χ3n) is 2.92. The van der Waals surface area contributed by atoms with E-state index in [1.165, 1.54) is 0 Å². The standard InChI is InChI=1S/C15H15BrN2O/c1-11(13-6-8-17-9-7-13)18-15(19)14-4-2-12(10-16)3-5-14/h2-9,11H,10H2,1H3,(H,18,19)/t11-/m1/s1. The van der Waals surface area contributed by atoms with Gasteiger partial charge in [0.05, 0.1) is 6.04 Å². The van der Waals surface area contributed by atoms with Crippen LogP contribution in [0.15, 0.2) is 48.8 Å². The minimum Gasteiger partial charge on any atom is -0.346 e. The van der Waals surface area contributed by atoms with E-state index in [2.05, 4.69) is 26.2 Å². The number of rotatable bonds is 4. The quantitative estimate of drug-likeness (QED) is 0.877. The first-order valence-corrected chi connectivity index (χ1v) is 7.18. The predicted octanol–water partition coefficient (Wildman–Crippen LogP) is 3.47. The van der Waals surface area contributed by atoms with Crippen molar-refractivity contribution < 1.29 is 4.79 Å². The maximum Gasteiger partial charge on any atom is 0.251 e. The van der Waals surface area contributed by atoms with Gasteiger partial charge in [0.1, 0.15) is 0 Å². The zero-order valence-corrected chi connectivity index (χ0v) is 12.2. The van der Waals surface area contributed by atoms with E-state index in [9.17, 15) is 4.79 Å². The molecule has 4 heteroatoms. The summed E-state index contributed by atoms with van der Waals surface area (Å²) in [4.78, 5) is 16.1. The lowest BCUT2D eigenvalue weighted by atomic mass is 10.1. The van der Waals surface area contributed by atoms with Crippen molar-refractivity contribution in [2.75, 3.05) is 0 Å². The van der Waals surface area contributed by atoms with Gasteiger partial charge in [-0.2, -0.15) is 0 Å². The number of carbonyl (C=O) groups is 1. The second-order valence-corrected chi connectivity index (χ2v) is 4.87. The lowest BCUT2D eigenvalue weighted by molar-refractivity contribution is 0.0940. The number of carbonyl (C=O) groups excluding carboxylic acids is 1. The average molecular weight is 319 g/mol. The monoisotopic (exact) mass is 318 g/mol. The number of aromatic nitrogens is 1. The fraction of sp³-hybridized carbons (Fsp3) is 0.200. The van der Waals surface area contributed by atoms with Gasteiger partial charge in [-0.15, -0.1) is 0 Å². The van der Waals surface area contributed by atoms with Gasteiger partial charge in [-0.05, 0) is 42.3 Å². The van der Waals surface area contributed by atoms with Crippen LogP contribution in [-0.2, 0) is 5.33 Å². The minimum absolute atomic E-state index is 0.0358. The molecule has 0 aliphatic carbocycles.